The zero-order chi connectivity index (χ0) is 10.7. The van der Waals surface area contributed by atoms with E-state index in [4.69, 9.17) is 5.73 Å². The van der Waals surface area contributed by atoms with Crippen molar-refractivity contribution in [2.45, 2.75) is 6.42 Å². The van der Waals surface area contributed by atoms with Gasteiger partial charge in [0.15, 0.2) is 0 Å². The Morgan fingerprint density at radius 2 is 2.00 bits per heavy atom. The number of primary amides is 1. The van der Waals surface area contributed by atoms with E-state index >= 15 is 0 Å². The minimum absolute atomic E-state index is 0.335. The van der Waals surface area contributed by atoms with Gasteiger partial charge in [0.05, 0.1) is 0 Å². The lowest BCUT2D eigenvalue weighted by atomic mass is 10.00. The summed E-state index contributed by atoms with van der Waals surface area (Å²) < 4.78 is 0. The maximum absolute atomic E-state index is 10.9. The Kier molecular flexibility index (Phi) is 2.72. The SMILES string of the molecule is NC(=O)N1CC=C(c2ccccc2)CC1. The molecular formula is C12H14N2O. The molecule has 1 aromatic rings. The van der Waals surface area contributed by atoms with Crippen LogP contribution >= 0.6 is 0 Å². The minimum Gasteiger partial charge on any atom is -0.351 e. The van der Waals surface area contributed by atoms with Gasteiger partial charge in [0.1, 0.15) is 0 Å². The van der Waals surface area contributed by atoms with Gasteiger partial charge in [0, 0.05) is 13.1 Å². The molecule has 1 heterocycles. The fourth-order valence-corrected chi connectivity index (χ4v) is 1.78. The summed E-state index contributed by atoms with van der Waals surface area (Å²) in [6, 6.07) is 9.89. The van der Waals surface area contributed by atoms with E-state index in [0.717, 1.165) is 13.0 Å². The fourth-order valence-electron chi connectivity index (χ4n) is 1.78. The number of urea groups is 1. The second-order valence-electron chi connectivity index (χ2n) is 3.63. The maximum Gasteiger partial charge on any atom is 0.315 e. The smallest absolute Gasteiger partial charge is 0.315 e. The van der Waals surface area contributed by atoms with Crippen LogP contribution in [0.15, 0.2) is 36.4 Å². The van der Waals surface area contributed by atoms with Gasteiger partial charge in [-0.25, -0.2) is 4.79 Å². The van der Waals surface area contributed by atoms with Crippen LogP contribution < -0.4 is 5.73 Å². The zero-order valence-electron chi connectivity index (χ0n) is 8.52. The van der Waals surface area contributed by atoms with Crippen LogP contribution in [-0.4, -0.2) is 24.0 Å². The summed E-state index contributed by atoms with van der Waals surface area (Å²) in [6.45, 7) is 1.34. The van der Waals surface area contributed by atoms with Gasteiger partial charge in [0.2, 0.25) is 0 Å². The molecule has 2 N–H and O–H groups in total. The monoisotopic (exact) mass is 202 g/mol. The summed E-state index contributed by atoms with van der Waals surface area (Å²) in [4.78, 5) is 12.6. The van der Waals surface area contributed by atoms with Crippen molar-refractivity contribution in [3.63, 3.8) is 0 Å². The number of rotatable bonds is 1. The minimum atomic E-state index is -0.335. The Morgan fingerprint density at radius 3 is 2.53 bits per heavy atom. The van der Waals surface area contributed by atoms with Gasteiger partial charge in [-0.3, -0.25) is 0 Å². The molecule has 0 fully saturated rings. The summed E-state index contributed by atoms with van der Waals surface area (Å²) in [5.41, 5.74) is 7.75. The molecule has 1 aliphatic heterocycles. The highest BCUT2D eigenvalue weighted by Gasteiger charge is 2.14. The lowest BCUT2D eigenvalue weighted by Gasteiger charge is -2.24. The zero-order valence-corrected chi connectivity index (χ0v) is 8.52. The number of benzene rings is 1. The molecule has 0 aromatic heterocycles. The summed E-state index contributed by atoms with van der Waals surface area (Å²) >= 11 is 0. The third-order valence-corrected chi connectivity index (χ3v) is 2.67. The van der Waals surface area contributed by atoms with Crippen molar-refractivity contribution >= 4 is 11.6 Å². The molecule has 15 heavy (non-hydrogen) atoms. The number of carbonyl (C=O) groups is 1. The van der Waals surface area contributed by atoms with Gasteiger partial charge in [0.25, 0.3) is 0 Å². The Morgan fingerprint density at radius 1 is 1.27 bits per heavy atom. The fraction of sp³-hybridized carbons (Fsp3) is 0.250. The van der Waals surface area contributed by atoms with Crippen molar-refractivity contribution < 1.29 is 4.79 Å². The van der Waals surface area contributed by atoms with Crippen LogP contribution in [0.3, 0.4) is 0 Å². The molecule has 3 heteroatoms. The third kappa shape index (κ3) is 2.18. The van der Waals surface area contributed by atoms with Crippen LogP contribution in [0.5, 0.6) is 0 Å². The largest absolute Gasteiger partial charge is 0.351 e. The van der Waals surface area contributed by atoms with Crippen LogP contribution in [0.4, 0.5) is 4.79 Å². The van der Waals surface area contributed by atoms with Gasteiger partial charge in [-0.15, -0.1) is 0 Å². The Balaban J connectivity index is 2.12. The summed E-state index contributed by atoms with van der Waals surface area (Å²) in [5, 5.41) is 0. The molecule has 0 radical (unpaired) electrons. The third-order valence-electron chi connectivity index (χ3n) is 2.67. The molecule has 3 nitrogen and oxygen atoms in total. The molecule has 0 saturated carbocycles. The summed E-state index contributed by atoms with van der Waals surface area (Å²) in [5.74, 6) is 0. The van der Waals surface area contributed by atoms with Gasteiger partial charge in [-0.2, -0.15) is 0 Å². The maximum atomic E-state index is 10.9. The first kappa shape index (κ1) is 9.77. The Hall–Kier alpha value is -1.77. The number of carbonyl (C=O) groups excluding carboxylic acids is 1. The molecule has 0 saturated heterocycles. The molecule has 2 amide bonds. The first-order chi connectivity index (χ1) is 7.27. The number of nitrogens with two attached hydrogens (primary N) is 1. The van der Waals surface area contributed by atoms with Crippen molar-refractivity contribution in [3.8, 4) is 0 Å². The van der Waals surface area contributed by atoms with Crippen LogP contribution in [0.25, 0.3) is 5.57 Å². The van der Waals surface area contributed by atoms with E-state index in [1.807, 2.05) is 18.2 Å². The van der Waals surface area contributed by atoms with Gasteiger partial charge in [-0.1, -0.05) is 36.4 Å². The van der Waals surface area contributed by atoms with Crippen molar-refractivity contribution in [2.75, 3.05) is 13.1 Å². The number of amides is 2. The molecule has 0 bridgehead atoms. The first-order valence-electron chi connectivity index (χ1n) is 5.06. The van der Waals surface area contributed by atoms with Gasteiger partial charge >= 0.3 is 6.03 Å². The van der Waals surface area contributed by atoms with E-state index in [1.54, 1.807) is 4.90 Å². The molecule has 0 spiro atoms. The molecule has 0 aliphatic carbocycles. The lowest BCUT2D eigenvalue weighted by molar-refractivity contribution is 0.213. The van der Waals surface area contributed by atoms with Crippen LogP contribution in [0, 0.1) is 0 Å². The molecule has 0 unspecified atom stereocenters. The lowest BCUT2D eigenvalue weighted by Crippen LogP contribution is -2.38. The molecule has 0 atom stereocenters. The second-order valence-corrected chi connectivity index (χ2v) is 3.63. The second kappa shape index (κ2) is 4.17. The Labute approximate surface area is 89.2 Å². The predicted molar refractivity (Wildman–Crippen MR) is 60.2 cm³/mol. The van der Waals surface area contributed by atoms with E-state index < -0.39 is 0 Å². The average molecular weight is 202 g/mol. The number of hydrogen-bond acceptors (Lipinski definition) is 1. The van der Waals surface area contributed by atoms with Crippen molar-refractivity contribution in [2.24, 2.45) is 5.73 Å². The molecule has 1 aromatic carbocycles. The van der Waals surface area contributed by atoms with Crippen LogP contribution in [-0.2, 0) is 0 Å². The van der Waals surface area contributed by atoms with E-state index in [9.17, 15) is 4.79 Å². The quantitative estimate of drug-likeness (QED) is 0.742. The molecule has 2 rings (SSSR count). The normalized spacial score (nSPS) is 16.0. The predicted octanol–water partition coefficient (Wildman–Crippen LogP) is 1.85. The van der Waals surface area contributed by atoms with E-state index in [1.165, 1.54) is 11.1 Å². The van der Waals surface area contributed by atoms with E-state index in [2.05, 4.69) is 18.2 Å². The van der Waals surface area contributed by atoms with Crippen molar-refractivity contribution in [1.29, 1.82) is 0 Å². The highest BCUT2D eigenvalue weighted by molar-refractivity contribution is 5.75. The Bertz CT molecular complexity index is 384. The van der Waals surface area contributed by atoms with Gasteiger partial charge in [-0.05, 0) is 17.6 Å². The number of nitrogens with zero attached hydrogens (tertiary/aromatic N) is 1. The molecule has 78 valence electrons. The molecular weight excluding hydrogens is 188 g/mol. The van der Waals surface area contributed by atoms with E-state index in [0.29, 0.717) is 6.54 Å². The summed E-state index contributed by atoms with van der Waals surface area (Å²) in [6.07, 6.45) is 2.95. The van der Waals surface area contributed by atoms with Gasteiger partial charge < -0.3 is 10.6 Å². The topological polar surface area (TPSA) is 46.3 Å². The highest BCUT2D eigenvalue weighted by atomic mass is 16.2. The van der Waals surface area contributed by atoms with Crippen LogP contribution in [0.1, 0.15) is 12.0 Å². The molecule has 1 aliphatic rings. The van der Waals surface area contributed by atoms with E-state index in [-0.39, 0.29) is 6.03 Å². The van der Waals surface area contributed by atoms with Crippen molar-refractivity contribution in [3.05, 3.63) is 42.0 Å². The highest BCUT2D eigenvalue weighted by Crippen LogP contribution is 2.21. The summed E-state index contributed by atoms with van der Waals surface area (Å²) in [7, 11) is 0. The standard InChI is InChI=1S/C12H14N2O/c13-12(15)14-8-6-11(7-9-14)10-4-2-1-3-5-10/h1-6H,7-9H2,(H2,13,15). The first-order valence-corrected chi connectivity index (χ1v) is 5.06. The van der Waals surface area contributed by atoms with Crippen LogP contribution in [0.2, 0.25) is 0 Å². The van der Waals surface area contributed by atoms with Crippen molar-refractivity contribution in [1.82, 2.24) is 4.90 Å². The average Bonchev–Trinajstić information content (AvgIpc) is 2.30. The number of hydrogen-bond donors (Lipinski definition) is 1.